The van der Waals surface area contributed by atoms with Crippen LogP contribution in [0.5, 0.6) is 0 Å². The zero-order valence-electron chi connectivity index (χ0n) is 7.29. The van der Waals surface area contributed by atoms with Gasteiger partial charge in [0, 0.05) is 10.0 Å². The average Bonchev–Trinajstić information content (AvgIpc) is 2.12. The summed E-state index contributed by atoms with van der Waals surface area (Å²) in [6.45, 7) is 1.74. The van der Waals surface area contributed by atoms with E-state index in [1.165, 1.54) is 0 Å². The van der Waals surface area contributed by atoms with Crippen molar-refractivity contribution < 1.29 is 15.0 Å². The summed E-state index contributed by atoms with van der Waals surface area (Å²) in [5.41, 5.74) is 0.921. The SMILES string of the molecule is Cc1ccc(Br)c(C(O)C(=O)O)c1Cl. The third-order valence-corrected chi connectivity index (χ3v) is 3.02. The Morgan fingerprint density at radius 3 is 2.64 bits per heavy atom. The van der Waals surface area contributed by atoms with Gasteiger partial charge in [0.05, 0.1) is 5.02 Å². The van der Waals surface area contributed by atoms with E-state index >= 15 is 0 Å². The van der Waals surface area contributed by atoms with Crippen LogP contribution in [-0.2, 0) is 4.79 Å². The third-order valence-electron chi connectivity index (χ3n) is 1.83. The van der Waals surface area contributed by atoms with Gasteiger partial charge in [0.25, 0.3) is 0 Å². The highest BCUT2D eigenvalue weighted by atomic mass is 79.9. The summed E-state index contributed by atoms with van der Waals surface area (Å²) in [6.07, 6.45) is -1.60. The fourth-order valence-electron chi connectivity index (χ4n) is 1.05. The number of carbonyl (C=O) groups is 1. The van der Waals surface area contributed by atoms with E-state index in [1.807, 2.05) is 0 Å². The minimum atomic E-state index is -1.60. The predicted molar refractivity (Wildman–Crippen MR) is 56.5 cm³/mol. The first-order valence-electron chi connectivity index (χ1n) is 3.80. The van der Waals surface area contributed by atoms with E-state index in [9.17, 15) is 9.90 Å². The summed E-state index contributed by atoms with van der Waals surface area (Å²) < 4.78 is 0.489. The molecular formula is C9H8BrClO3. The second-order valence-electron chi connectivity index (χ2n) is 2.83. The van der Waals surface area contributed by atoms with Gasteiger partial charge in [-0.25, -0.2) is 4.79 Å². The van der Waals surface area contributed by atoms with Gasteiger partial charge in [-0.2, -0.15) is 0 Å². The summed E-state index contributed by atoms with van der Waals surface area (Å²) in [5.74, 6) is -1.32. The fraction of sp³-hybridized carbons (Fsp3) is 0.222. The monoisotopic (exact) mass is 278 g/mol. The van der Waals surface area contributed by atoms with Gasteiger partial charge in [-0.3, -0.25) is 0 Å². The van der Waals surface area contributed by atoms with Crippen LogP contribution in [0.15, 0.2) is 16.6 Å². The summed E-state index contributed by atoms with van der Waals surface area (Å²) in [4.78, 5) is 10.6. The Labute approximate surface area is 94.4 Å². The zero-order chi connectivity index (χ0) is 10.9. The molecule has 76 valence electrons. The largest absolute Gasteiger partial charge is 0.479 e. The van der Waals surface area contributed by atoms with Gasteiger partial charge in [-0.15, -0.1) is 0 Å². The lowest BCUT2D eigenvalue weighted by molar-refractivity contribution is -0.147. The summed E-state index contributed by atoms with van der Waals surface area (Å²) in [6, 6.07) is 3.40. The van der Waals surface area contributed by atoms with E-state index in [4.69, 9.17) is 16.7 Å². The van der Waals surface area contributed by atoms with Gasteiger partial charge in [0.2, 0.25) is 0 Å². The van der Waals surface area contributed by atoms with E-state index in [1.54, 1.807) is 19.1 Å². The van der Waals surface area contributed by atoms with E-state index in [-0.39, 0.29) is 10.6 Å². The van der Waals surface area contributed by atoms with Crippen molar-refractivity contribution in [1.82, 2.24) is 0 Å². The lowest BCUT2D eigenvalue weighted by atomic mass is 10.1. The number of aliphatic hydroxyl groups is 1. The molecule has 0 radical (unpaired) electrons. The molecule has 1 aromatic carbocycles. The average molecular weight is 280 g/mol. The van der Waals surface area contributed by atoms with Crippen LogP contribution in [0.3, 0.4) is 0 Å². The van der Waals surface area contributed by atoms with E-state index < -0.39 is 12.1 Å². The Morgan fingerprint density at radius 2 is 2.14 bits per heavy atom. The van der Waals surface area contributed by atoms with Gasteiger partial charge in [-0.05, 0) is 18.6 Å². The van der Waals surface area contributed by atoms with Gasteiger partial charge >= 0.3 is 5.97 Å². The lowest BCUT2D eigenvalue weighted by Gasteiger charge is -2.12. The van der Waals surface area contributed by atoms with E-state index in [0.717, 1.165) is 5.56 Å². The molecule has 0 heterocycles. The standard InChI is InChI=1S/C9H8BrClO3/c1-4-2-3-5(10)6(7(4)11)8(12)9(13)14/h2-3,8,12H,1H3,(H,13,14). The number of hydrogen-bond donors (Lipinski definition) is 2. The van der Waals surface area contributed by atoms with E-state index in [0.29, 0.717) is 4.47 Å². The first-order valence-corrected chi connectivity index (χ1v) is 4.97. The number of halogens is 2. The molecule has 2 N–H and O–H groups in total. The number of rotatable bonds is 2. The van der Waals surface area contributed by atoms with E-state index in [2.05, 4.69) is 15.9 Å². The van der Waals surface area contributed by atoms with Gasteiger partial charge in [0.1, 0.15) is 0 Å². The highest BCUT2D eigenvalue weighted by Gasteiger charge is 2.22. The highest BCUT2D eigenvalue weighted by Crippen LogP contribution is 2.33. The summed E-state index contributed by atoms with van der Waals surface area (Å²) >= 11 is 9.03. The maximum Gasteiger partial charge on any atom is 0.337 e. The van der Waals surface area contributed by atoms with Crippen LogP contribution in [0.4, 0.5) is 0 Å². The van der Waals surface area contributed by atoms with Crippen LogP contribution in [0.1, 0.15) is 17.2 Å². The Balaban J connectivity index is 3.32. The normalized spacial score (nSPS) is 12.6. The van der Waals surface area contributed by atoms with Crippen molar-refractivity contribution in [3.8, 4) is 0 Å². The molecule has 0 amide bonds. The van der Waals surface area contributed by atoms with Crippen LogP contribution in [0, 0.1) is 6.92 Å². The second kappa shape index (κ2) is 4.29. The van der Waals surface area contributed by atoms with Crippen molar-refractivity contribution in [3.05, 3.63) is 32.8 Å². The molecule has 3 nitrogen and oxygen atoms in total. The van der Waals surface area contributed by atoms with Gasteiger partial charge in [0.15, 0.2) is 6.10 Å². The fourth-order valence-corrected chi connectivity index (χ4v) is 1.98. The van der Waals surface area contributed by atoms with Crippen molar-refractivity contribution in [3.63, 3.8) is 0 Å². The van der Waals surface area contributed by atoms with Crippen molar-refractivity contribution in [2.45, 2.75) is 13.0 Å². The van der Waals surface area contributed by atoms with Crippen LogP contribution < -0.4 is 0 Å². The Morgan fingerprint density at radius 1 is 1.57 bits per heavy atom. The van der Waals surface area contributed by atoms with Crippen molar-refractivity contribution in [2.75, 3.05) is 0 Å². The minimum absolute atomic E-state index is 0.194. The van der Waals surface area contributed by atoms with Crippen molar-refractivity contribution in [1.29, 1.82) is 0 Å². The van der Waals surface area contributed by atoms with Crippen LogP contribution in [0.2, 0.25) is 5.02 Å². The molecule has 0 aliphatic carbocycles. The molecule has 0 saturated carbocycles. The zero-order valence-corrected chi connectivity index (χ0v) is 9.63. The molecular weight excluding hydrogens is 271 g/mol. The van der Waals surface area contributed by atoms with Crippen LogP contribution in [-0.4, -0.2) is 16.2 Å². The number of hydrogen-bond acceptors (Lipinski definition) is 2. The topological polar surface area (TPSA) is 57.5 Å². The molecule has 1 rings (SSSR count). The number of carboxylic acid groups (broad SMARTS) is 1. The molecule has 1 unspecified atom stereocenters. The van der Waals surface area contributed by atoms with Gasteiger partial charge in [-0.1, -0.05) is 33.6 Å². The molecule has 1 aromatic rings. The molecule has 0 aromatic heterocycles. The maximum atomic E-state index is 10.6. The molecule has 0 aliphatic heterocycles. The lowest BCUT2D eigenvalue weighted by Crippen LogP contribution is -2.12. The Kier molecular flexibility index (Phi) is 3.53. The molecule has 14 heavy (non-hydrogen) atoms. The van der Waals surface area contributed by atoms with Crippen molar-refractivity contribution in [2.24, 2.45) is 0 Å². The van der Waals surface area contributed by atoms with Crippen LogP contribution >= 0.6 is 27.5 Å². The smallest absolute Gasteiger partial charge is 0.337 e. The first kappa shape index (κ1) is 11.5. The summed E-state index contributed by atoms with van der Waals surface area (Å²) in [5, 5.41) is 18.3. The van der Waals surface area contributed by atoms with Crippen LogP contribution in [0.25, 0.3) is 0 Å². The third kappa shape index (κ3) is 2.08. The number of aryl methyl sites for hydroxylation is 1. The van der Waals surface area contributed by atoms with Crippen molar-refractivity contribution >= 4 is 33.5 Å². The quantitative estimate of drug-likeness (QED) is 0.874. The Bertz CT molecular complexity index is 379. The molecule has 5 heteroatoms. The van der Waals surface area contributed by atoms with Gasteiger partial charge < -0.3 is 10.2 Å². The number of aliphatic hydroxyl groups excluding tert-OH is 1. The molecule has 0 bridgehead atoms. The summed E-state index contributed by atoms with van der Waals surface area (Å²) in [7, 11) is 0. The predicted octanol–water partition coefficient (Wildman–Crippen LogP) is 2.53. The molecule has 0 fully saturated rings. The molecule has 0 spiro atoms. The maximum absolute atomic E-state index is 10.6. The molecule has 0 saturated heterocycles. The first-order chi connectivity index (χ1) is 6.45. The number of carboxylic acids is 1. The second-order valence-corrected chi connectivity index (χ2v) is 4.07. The molecule has 0 aliphatic rings. The minimum Gasteiger partial charge on any atom is -0.479 e. The number of benzene rings is 1. The number of aliphatic carboxylic acids is 1. The highest BCUT2D eigenvalue weighted by molar-refractivity contribution is 9.10. The molecule has 1 atom stereocenters. The Hall–Kier alpha value is -0.580.